The molecule has 1 unspecified atom stereocenters. The summed E-state index contributed by atoms with van der Waals surface area (Å²) < 4.78 is 3.33. The molecule has 1 N–H and O–H groups in total. The van der Waals surface area contributed by atoms with E-state index in [1.807, 2.05) is 24.4 Å². The fourth-order valence-electron chi connectivity index (χ4n) is 2.52. The van der Waals surface area contributed by atoms with E-state index >= 15 is 0 Å². The molecule has 5 nitrogen and oxygen atoms in total. The fourth-order valence-corrected chi connectivity index (χ4v) is 2.52. The molecule has 1 atom stereocenters. The van der Waals surface area contributed by atoms with Gasteiger partial charge in [0.2, 0.25) is 0 Å². The Balaban J connectivity index is 1.94. The minimum absolute atomic E-state index is 0.0196. The summed E-state index contributed by atoms with van der Waals surface area (Å²) >= 11 is 0. The Morgan fingerprint density at radius 1 is 1.19 bits per heavy atom. The van der Waals surface area contributed by atoms with Crippen molar-refractivity contribution < 1.29 is 0 Å². The highest BCUT2D eigenvalue weighted by molar-refractivity contribution is 5.42. The molecule has 5 heteroatoms. The first-order chi connectivity index (χ1) is 10.3. The molecule has 0 saturated heterocycles. The quantitative estimate of drug-likeness (QED) is 0.777. The number of nitrogens with zero attached hydrogens (tertiary/aromatic N) is 3. The Kier molecular flexibility index (Phi) is 3.83. The summed E-state index contributed by atoms with van der Waals surface area (Å²) in [4.78, 5) is 12.4. The van der Waals surface area contributed by atoms with Crippen molar-refractivity contribution in [2.24, 2.45) is 0 Å². The highest BCUT2D eigenvalue weighted by Gasteiger charge is 2.12. The van der Waals surface area contributed by atoms with Crippen molar-refractivity contribution >= 4 is 5.52 Å². The molecule has 3 rings (SSSR count). The number of nitrogens with one attached hydrogen (secondary N) is 1. The van der Waals surface area contributed by atoms with Gasteiger partial charge in [-0.2, -0.15) is 5.10 Å². The summed E-state index contributed by atoms with van der Waals surface area (Å²) in [6.45, 7) is 3.51. The summed E-state index contributed by atoms with van der Waals surface area (Å²) in [6.07, 6.45) is 5.24. The minimum Gasteiger partial charge on any atom is -0.310 e. The molecular formula is C16H18N4O. The number of fused-ring (bicyclic) bond motifs is 1. The Morgan fingerprint density at radius 3 is 2.76 bits per heavy atom. The van der Waals surface area contributed by atoms with E-state index in [2.05, 4.69) is 29.5 Å². The highest BCUT2D eigenvalue weighted by Crippen LogP contribution is 2.14. The van der Waals surface area contributed by atoms with Crippen LogP contribution in [0.1, 0.15) is 18.5 Å². The molecule has 0 saturated carbocycles. The molecule has 0 aliphatic rings. The average molecular weight is 282 g/mol. The SMILES string of the molecule is CCNC(Cn1ccn2nccc2c1=O)c1ccccc1. The van der Waals surface area contributed by atoms with Crippen molar-refractivity contribution in [2.75, 3.05) is 6.54 Å². The Labute approximate surface area is 122 Å². The Bertz CT molecular complexity index is 776. The fraction of sp³-hybridized carbons (Fsp3) is 0.250. The topological polar surface area (TPSA) is 51.3 Å². The summed E-state index contributed by atoms with van der Waals surface area (Å²) in [5.74, 6) is 0. The van der Waals surface area contributed by atoms with Crippen molar-refractivity contribution in [3.8, 4) is 0 Å². The molecule has 1 aromatic carbocycles. The lowest BCUT2D eigenvalue weighted by molar-refractivity contribution is 0.466. The molecule has 108 valence electrons. The molecule has 3 aromatic rings. The van der Waals surface area contributed by atoms with Gasteiger partial charge in [-0.1, -0.05) is 37.3 Å². The maximum atomic E-state index is 12.4. The third-order valence-corrected chi connectivity index (χ3v) is 3.57. The van der Waals surface area contributed by atoms with E-state index in [0.29, 0.717) is 12.1 Å². The van der Waals surface area contributed by atoms with Gasteiger partial charge in [0.25, 0.3) is 5.56 Å². The molecule has 21 heavy (non-hydrogen) atoms. The van der Waals surface area contributed by atoms with Gasteiger partial charge in [-0.05, 0) is 18.2 Å². The van der Waals surface area contributed by atoms with Crippen molar-refractivity contribution in [1.82, 2.24) is 19.5 Å². The first kappa shape index (κ1) is 13.6. The third kappa shape index (κ3) is 2.73. The van der Waals surface area contributed by atoms with Crippen molar-refractivity contribution in [1.29, 1.82) is 0 Å². The highest BCUT2D eigenvalue weighted by atomic mass is 16.1. The molecule has 0 bridgehead atoms. The summed E-state index contributed by atoms with van der Waals surface area (Å²) in [5, 5.41) is 7.52. The van der Waals surface area contributed by atoms with Crippen LogP contribution in [0.15, 0.2) is 59.8 Å². The molecule has 0 radical (unpaired) electrons. The van der Waals surface area contributed by atoms with Crippen LogP contribution >= 0.6 is 0 Å². The zero-order valence-corrected chi connectivity index (χ0v) is 11.9. The smallest absolute Gasteiger partial charge is 0.276 e. The summed E-state index contributed by atoms with van der Waals surface area (Å²) in [6, 6.07) is 12.0. The molecule has 0 spiro atoms. The number of rotatable bonds is 5. The van der Waals surface area contributed by atoms with Crippen LogP contribution in [0.4, 0.5) is 0 Å². The van der Waals surface area contributed by atoms with Gasteiger partial charge in [0.1, 0.15) is 5.52 Å². The van der Waals surface area contributed by atoms with E-state index in [-0.39, 0.29) is 11.6 Å². The van der Waals surface area contributed by atoms with Crippen LogP contribution in [-0.2, 0) is 6.54 Å². The predicted octanol–water partition coefficient (Wildman–Crippen LogP) is 1.85. The molecule has 0 fully saturated rings. The minimum atomic E-state index is -0.0196. The van der Waals surface area contributed by atoms with Gasteiger partial charge in [0.05, 0.1) is 12.2 Å². The van der Waals surface area contributed by atoms with E-state index in [1.165, 1.54) is 5.56 Å². The molecular weight excluding hydrogens is 264 g/mol. The largest absolute Gasteiger partial charge is 0.310 e. The van der Waals surface area contributed by atoms with Crippen molar-refractivity contribution in [3.63, 3.8) is 0 Å². The van der Waals surface area contributed by atoms with E-state index < -0.39 is 0 Å². The lowest BCUT2D eigenvalue weighted by atomic mass is 10.1. The molecule has 2 heterocycles. The number of likely N-dealkylation sites (N-methyl/N-ethyl adjacent to an activating group) is 1. The number of hydrogen-bond donors (Lipinski definition) is 1. The van der Waals surface area contributed by atoms with Crippen LogP contribution in [0.25, 0.3) is 5.52 Å². The second-order valence-corrected chi connectivity index (χ2v) is 4.94. The van der Waals surface area contributed by atoms with Gasteiger partial charge < -0.3 is 9.88 Å². The maximum Gasteiger partial charge on any atom is 0.276 e. The predicted molar refractivity (Wildman–Crippen MR) is 82.3 cm³/mol. The normalized spacial score (nSPS) is 12.6. The van der Waals surface area contributed by atoms with Gasteiger partial charge >= 0.3 is 0 Å². The van der Waals surface area contributed by atoms with Crippen LogP contribution in [-0.4, -0.2) is 20.7 Å². The molecule has 2 aromatic heterocycles. The summed E-state index contributed by atoms with van der Waals surface area (Å²) in [7, 11) is 0. The van der Waals surface area contributed by atoms with Gasteiger partial charge in [-0.25, -0.2) is 4.52 Å². The van der Waals surface area contributed by atoms with Crippen LogP contribution in [0.3, 0.4) is 0 Å². The number of aromatic nitrogens is 3. The Hall–Kier alpha value is -2.40. The molecule has 0 aliphatic carbocycles. The van der Waals surface area contributed by atoms with Crippen LogP contribution in [0.2, 0.25) is 0 Å². The lowest BCUT2D eigenvalue weighted by Crippen LogP contribution is -2.30. The zero-order valence-electron chi connectivity index (χ0n) is 11.9. The van der Waals surface area contributed by atoms with Crippen LogP contribution in [0.5, 0.6) is 0 Å². The van der Waals surface area contributed by atoms with E-state index in [1.54, 1.807) is 27.5 Å². The van der Waals surface area contributed by atoms with E-state index in [9.17, 15) is 4.79 Å². The van der Waals surface area contributed by atoms with Crippen molar-refractivity contribution in [2.45, 2.75) is 19.5 Å². The zero-order chi connectivity index (χ0) is 14.7. The van der Waals surface area contributed by atoms with Crippen molar-refractivity contribution in [3.05, 3.63) is 70.9 Å². The van der Waals surface area contributed by atoms with Gasteiger partial charge in [-0.15, -0.1) is 0 Å². The molecule has 0 amide bonds. The van der Waals surface area contributed by atoms with Gasteiger partial charge in [0, 0.05) is 18.9 Å². The molecule has 0 aliphatic heterocycles. The first-order valence-corrected chi connectivity index (χ1v) is 7.10. The summed E-state index contributed by atoms with van der Waals surface area (Å²) in [5.41, 5.74) is 1.76. The van der Waals surface area contributed by atoms with Crippen LogP contribution < -0.4 is 10.9 Å². The van der Waals surface area contributed by atoms with Gasteiger partial charge in [0.15, 0.2) is 0 Å². The lowest BCUT2D eigenvalue weighted by Gasteiger charge is -2.19. The second-order valence-electron chi connectivity index (χ2n) is 4.94. The monoisotopic (exact) mass is 282 g/mol. The first-order valence-electron chi connectivity index (χ1n) is 7.10. The standard InChI is InChI=1S/C16H18N4O/c1-2-17-14(13-6-4-3-5-7-13)12-19-10-11-20-15(16(19)21)8-9-18-20/h3-11,14,17H,2,12H2,1H3. The van der Waals surface area contributed by atoms with E-state index in [0.717, 1.165) is 6.54 Å². The van der Waals surface area contributed by atoms with Gasteiger partial charge in [-0.3, -0.25) is 4.79 Å². The second kappa shape index (κ2) is 5.93. The van der Waals surface area contributed by atoms with E-state index in [4.69, 9.17) is 0 Å². The number of benzene rings is 1. The Morgan fingerprint density at radius 2 is 2.00 bits per heavy atom. The third-order valence-electron chi connectivity index (χ3n) is 3.57. The number of hydrogen-bond acceptors (Lipinski definition) is 3. The maximum absolute atomic E-state index is 12.4. The van der Waals surface area contributed by atoms with Crippen LogP contribution in [0, 0.1) is 0 Å². The average Bonchev–Trinajstić information content (AvgIpc) is 2.99.